The highest BCUT2D eigenvalue weighted by atomic mass is 16.1. The standard InChI is InChI=1S/C11H12N6O/c1-3-17-6-7-9(15-17)11(18)14-10(13-7)8-4-5-12-16(8)2/h4-6H,3H2,1-2H3,(H,13,14,18). The molecule has 3 rings (SSSR count). The molecular formula is C11H12N6O. The maximum atomic E-state index is 11.9. The zero-order valence-electron chi connectivity index (χ0n) is 10.1. The van der Waals surface area contributed by atoms with E-state index in [1.807, 2.05) is 6.92 Å². The van der Waals surface area contributed by atoms with Crippen molar-refractivity contribution in [1.29, 1.82) is 0 Å². The van der Waals surface area contributed by atoms with E-state index in [4.69, 9.17) is 0 Å². The first kappa shape index (κ1) is 10.7. The van der Waals surface area contributed by atoms with Crippen LogP contribution >= 0.6 is 0 Å². The van der Waals surface area contributed by atoms with Gasteiger partial charge in [-0.25, -0.2) is 4.98 Å². The van der Waals surface area contributed by atoms with Gasteiger partial charge in [-0.1, -0.05) is 0 Å². The van der Waals surface area contributed by atoms with Crippen molar-refractivity contribution in [2.75, 3.05) is 0 Å². The fraction of sp³-hybridized carbons (Fsp3) is 0.273. The van der Waals surface area contributed by atoms with E-state index >= 15 is 0 Å². The van der Waals surface area contributed by atoms with E-state index in [-0.39, 0.29) is 5.56 Å². The van der Waals surface area contributed by atoms with Crippen molar-refractivity contribution < 1.29 is 0 Å². The molecule has 3 heterocycles. The zero-order chi connectivity index (χ0) is 12.7. The zero-order valence-corrected chi connectivity index (χ0v) is 10.1. The Morgan fingerprint density at radius 3 is 2.94 bits per heavy atom. The first-order valence-electron chi connectivity index (χ1n) is 5.65. The van der Waals surface area contributed by atoms with Crippen molar-refractivity contribution in [2.45, 2.75) is 13.5 Å². The number of nitrogens with one attached hydrogen (secondary N) is 1. The first-order chi connectivity index (χ1) is 8.69. The number of aromatic amines is 1. The SMILES string of the molecule is CCn1cc2nc(-c3ccnn3C)[nH]c(=O)c2n1. The minimum absolute atomic E-state index is 0.233. The summed E-state index contributed by atoms with van der Waals surface area (Å²) in [6, 6.07) is 1.80. The molecule has 0 amide bonds. The summed E-state index contributed by atoms with van der Waals surface area (Å²) in [6.07, 6.45) is 3.43. The lowest BCUT2D eigenvalue weighted by atomic mass is 10.3. The number of hydrogen-bond donors (Lipinski definition) is 1. The number of hydrogen-bond acceptors (Lipinski definition) is 4. The maximum absolute atomic E-state index is 11.9. The van der Waals surface area contributed by atoms with Crippen molar-refractivity contribution in [3.05, 3.63) is 28.8 Å². The largest absolute Gasteiger partial charge is 0.303 e. The van der Waals surface area contributed by atoms with Crippen LogP contribution in [0, 0.1) is 0 Å². The quantitative estimate of drug-likeness (QED) is 0.713. The third-order valence-corrected chi connectivity index (χ3v) is 2.81. The van der Waals surface area contributed by atoms with Crippen LogP contribution in [-0.4, -0.2) is 29.5 Å². The fourth-order valence-corrected chi connectivity index (χ4v) is 1.86. The van der Waals surface area contributed by atoms with Crippen LogP contribution in [0.1, 0.15) is 6.92 Å². The van der Waals surface area contributed by atoms with Gasteiger partial charge in [0.15, 0.2) is 11.3 Å². The Balaban J connectivity index is 2.27. The van der Waals surface area contributed by atoms with E-state index in [1.54, 1.807) is 34.9 Å². The Bertz CT molecular complexity index is 765. The third kappa shape index (κ3) is 1.52. The highest BCUT2D eigenvalue weighted by molar-refractivity contribution is 5.74. The molecule has 18 heavy (non-hydrogen) atoms. The van der Waals surface area contributed by atoms with Crippen LogP contribution in [0.2, 0.25) is 0 Å². The summed E-state index contributed by atoms with van der Waals surface area (Å²) in [5.41, 5.74) is 1.49. The minimum atomic E-state index is -0.233. The number of aromatic nitrogens is 6. The van der Waals surface area contributed by atoms with E-state index in [0.717, 1.165) is 5.69 Å². The lowest BCUT2D eigenvalue weighted by Crippen LogP contribution is -2.11. The molecule has 0 bridgehead atoms. The van der Waals surface area contributed by atoms with Gasteiger partial charge in [0.1, 0.15) is 11.2 Å². The van der Waals surface area contributed by atoms with Crippen LogP contribution in [-0.2, 0) is 13.6 Å². The molecule has 0 saturated carbocycles. The number of nitrogens with zero attached hydrogens (tertiary/aromatic N) is 5. The van der Waals surface area contributed by atoms with Gasteiger partial charge < -0.3 is 4.98 Å². The Morgan fingerprint density at radius 1 is 1.44 bits per heavy atom. The fourth-order valence-electron chi connectivity index (χ4n) is 1.86. The van der Waals surface area contributed by atoms with Crippen molar-refractivity contribution >= 4 is 11.0 Å². The van der Waals surface area contributed by atoms with Crippen LogP contribution in [0.25, 0.3) is 22.6 Å². The molecule has 0 atom stereocenters. The second-order valence-electron chi connectivity index (χ2n) is 3.97. The molecular weight excluding hydrogens is 232 g/mol. The molecule has 0 spiro atoms. The average Bonchev–Trinajstić information content (AvgIpc) is 2.94. The number of aryl methyl sites for hydroxylation is 2. The van der Waals surface area contributed by atoms with Crippen molar-refractivity contribution in [1.82, 2.24) is 29.5 Å². The average molecular weight is 244 g/mol. The number of fused-ring (bicyclic) bond motifs is 1. The van der Waals surface area contributed by atoms with E-state index in [1.165, 1.54) is 0 Å². The molecule has 0 aromatic carbocycles. The van der Waals surface area contributed by atoms with E-state index in [9.17, 15) is 4.79 Å². The Labute approximate surface area is 102 Å². The predicted octanol–water partition coefficient (Wildman–Crippen LogP) is 0.540. The van der Waals surface area contributed by atoms with Gasteiger partial charge in [-0.3, -0.25) is 14.2 Å². The highest BCUT2D eigenvalue weighted by Gasteiger charge is 2.11. The first-order valence-corrected chi connectivity index (χ1v) is 5.65. The summed E-state index contributed by atoms with van der Waals surface area (Å²) in [5, 5.41) is 8.22. The maximum Gasteiger partial charge on any atom is 0.279 e. The molecule has 0 aliphatic carbocycles. The molecule has 3 aromatic heterocycles. The third-order valence-electron chi connectivity index (χ3n) is 2.81. The molecule has 1 N–H and O–H groups in total. The number of rotatable bonds is 2. The van der Waals surface area contributed by atoms with Gasteiger partial charge in [0.25, 0.3) is 5.56 Å². The highest BCUT2D eigenvalue weighted by Crippen LogP contribution is 2.14. The summed E-state index contributed by atoms with van der Waals surface area (Å²) in [6.45, 7) is 2.67. The van der Waals surface area contributed by atoms with Crippen molar-refractivity contribution in [2.24, 2.45) is 7.05 Å². The molecule has 0 aliphatic heterocycles. The van der Waals surface area contributed by atoms with Gasteiger partial charge in [0, 0.05) is 19.8 Å². The van der Waals surface area contributed by atoms with Crippen LogP contribution in [0.15, 0.2) is 23.3 Å². The Hall–Kier alpha value is -2.44. The topological polar surface area (TPSA) is 81.4 Å². The predicted molar refractivity (Wildman–Crippen MR) is 66.0 cm³/mol. The lowest BCUT2D eigenvalue weighted by molar-refractivity contribution is 0.667. The smallest absolute Gasteiger partial charge is 0.279 e. The van der Waals surface area contributed by atoms with Gasteiger partial charge >= 0.3 is 0 Å². The van der Waals surface area contributed by atoms with Crippen LogP contribution < -0.4 is 5.56 Å². The minimum Gasteiger partial charge on any atom is -0.303 e. The van der Waals surface area contributed by atoms with Crippen molar-refractivity contribution in [3.63, 3.8) is 0 Å². The Morgan fingerprint density at radius 2 is 2.28 bits per heavy atom. The molecule has 0 unspecified atom stereocenters. The van der Waals surface area contributed by atoms with Crippen LogP contribution in [0.4, 0.5) is 0 Å². The van der Waals surface area contributed by atoms with Crippen LogP contribution in [0.5, 0.6) is 0 Å². The summed E-state index contributed by atoms with van der Waals surface area (Å²) in [7, 11) is 1.80. The second-order valence-corrected chi connectivity index (χ2v) is 3.97. The molecule has 7 heteroatoms. The summed E-state index contributed by atoms with van der Waals surface area (Å²) in [5.74, 6) is 0.503. The summed E-state index contributed by atoms with van der Waals surface area (Å²) in [4.78, 5) is 19.1. The lowest BCUT2D eigenvalue weighted by Gasteiger charge is -2.00. The second kappa shape index (κ2) is 3.80. The Kier molecular flexibility index (Phi) is 2.26. The molecule has 0 radical (unpaired) electrons. The van der Waals surface area contributed by atoms with E-state index in [2.05, 4.69) is 20.2 Å². The molecule has 0 saturated heterocycles. The van der Waals surface area contributed by atoms with Gasteiger partial charge in [-0.05, 0) is 13.0 Å². The van der Waals surface area contributed by atoms with Gasteiger partial charge in [-0.2, -0.15) is 10.2 Å². The molecule has 0 fully saturated rings. The van der Waals surface area contributed by atoms with Gasteiger partial charge in [-0.15, -0.1) is 0 Å². The van der Waals surface area contributed by atoms with Gasteiger partial charge in [0.05, 0.1) is 6.20 Å². The van der Waals surface area contributed by atoms with Gasteiger partial charge in [0.2, 0.25) is 0 Å². The van der Waals surface area contributed by atoms with Crippen molar-refractivity contribution in [3.8, 4) is 11.5 Å². The van der Waals surface area contributed by atoms with E-state index in [0.29, 0.717) is 23.4 Å². The van der Waals surface area contributed by atoms with Crippen LogP contribution in [0.3, 0.4) is 0 Å². The molecule has 92 valence electrons. The monoisotopic (exact) mass is 244 g/mol. The molecule has 3 aromatic rings. The summed E-state index contributed by atoms with van der Waals surface area (Å²) >= 11 is 0. The molecule has 7 nitrogen and oxygen atoms in total. The molecule has 0 aliphatic rings. The normalized spacial score (nSPS) is 11.2. The van der Waals surface area contributed by atoms with E-state index < -0.39 is 0 Å². The number of H-pyrrole nitrogens is 1. The summed E-state index contributed by atoms with van der Waals surface area (Å²) < 4.78 is 3.36.